The van der Waals surface area contributed by atoms with Crippen molar-refractivity contribution in [1.29, 1.82) is 0 Å². The molecule has 0 saturated heterocycles. The Bertz CT molecular complexity index is 199. The SMILES string of the molecule is CCCN=C(NN)N(CC)CC1CCC1. The van der Waals surface area contributed by atoms with E-state index in [0.29, 0.717) is 0 Å². The van der Waals surface area contributed by atoms with Gasteiger partial charge in [-0.15, -0.1) is 0 Å². The van der Waals surface area contributed by atoms with Gasteiger partial charge in [-0.3, -0.25) is 10.4 Å². The minimum Gasteiger partial charge on any atom is -0.342 e. The smallest absolute Gasteiger partial charge is 0.208 e. The molecule has 0 bridgehead atoms. The molecule has 0 unspecified atom stereocenters. The average Bonchev–Trinajstić information content (AvgIpc) is 2.20. The molecule has 0 radical (unpaired) electrons. The fourth-order valence-corrected chi connectivity index (χ4v) is 1.81. The predicted molar refractivity (Wildman–Crippen MR) is 64.5 cm³/mol. The summed E-state index contributed by atoms with van der Waals surface area (Å²) in [6.45, 7) is 7.20. The van der Waals surface area contributed by atoms with Crippen molar-refractivity contribution in [2.75, 3.05) is 19.6 Å². The number of nitrogens with two attached hydrogens (primary N) is 1. The number of hydrazine groups is 1. The summed E-state index contributed by atoms with van der Waals surface area (Å²) in [6.07, 6.45) is 5.18. The molecule has 1 rings (SSSR count). The summed E-state index contributed by atoms with van der Waals surface area (Å²) in [5.41, 5.74) is 2.72. The lowest BCUT2D eigenvalue weighted by Gasteiger charge is -2.33. The van der Waals surface area contributed by atoms with Crippen LogP contribution in [0.3, 0.4) is 0 Å². The van der Waals surface area contributed by atoms with Crippen molar-refractivity contribution in [1.82, 2.24) is 10.3 Å². The molecule has 0 heterocycles. The van der Waals surface area contributed by atoms with Crippen LogP contribution in [0.15, 0.2) is 4.99 Å². The zero-order chi connectivity index (χ0) is 11.1. The molecule has 3 N–H and O–H groups in total. The maximum atomic E-state index is 5.50. The van der Waals surface area contributed by atoms with Crippen LogP contribution in [0.5, 0.6) is 0 Å². The maximum absolute atomic E-state index is 5.50. The number of nitrogens with one attached hydrogen (secondary N) is 1. The van der Waals surface area contributed by atoms with Crippen LogP contribution in [0.25, 0.3) is 0 Å². The van der Waals surface area contributed by atoms with Crippen molar-refractivity contribution >= 4 is 5.96 Å². The summed E-state index contributed by atoms with van der Waals surface area (Å²) in [7, 11) is 0. The lowest BCUT2D eigenvalue weighted by molar-refractivity contribution is 0.240. The van der Waals surface area contributed by atoms with E-state index in [2.05, 4.69) is 29.2 Å². The van der Waals surface area contributed by atoms with Crippen LogP contribution in [-0.2, 0) is 0 Å². The summed E-state index contributed by atoms with van der Waals surface area (Å²) in [6, 6.07) is 0. The highest BCUT2D eigenvalue weighted by Crippen LogP contribution is 2.26. The van der Waals surface area contributed by atoms with Gasteiger partial charge in [-0.1, -0.05) is 13.3 Å². The molecule has 1 saturated carbocycles. The molecule has 0 spiro atoms. The Kier molecular flexibility index (Phi) is 5.47. The molecular formula is C11H24N4. The van der Waals surface area contributed by atoms with Crippen LogP contribution in [0, 0.1) is 5.92 Å². The summed E-state index contributed by atoms with van der Waals surface area (Å²) in [5, 5.41) is 0. The van der Waals surface area contributed by atoms with E-state index in [1.165, 1.54) is 19.3 Å². The third-order valence-corrected chi connectivity index (χ3v) is 3.00. The maximum Gasteiger partial charge on any atom is 0.208 e. The van der Waals surface area contributed by atoms with E-state index in [-0.39, 0.29) is 0 Å². The number of aliphatic imine (C=N–C) groups is 1. The highest BCUT2D eigenvalue weighted by atomic mass is 15.4. The fourth-order valence-electron chi connectivity index (χ4n) is 1.81. The number of hydrogen-bond acceptors (Lipinski definition) is 2. The van der Waals surface area contributed by atoms with Crippen LogP contribution in [0.4, 0.5) is 0 Å². The summed E-state index contributed by atoms with van der Waals surface area (Å²) >= 11 is 0. The first kappa shape index (κ1) is 12.3. The quantitative estimate of drug-likeness (QED) is 0.313. The third-order valence-electron chi connectivity index (χ3n) is 3.00. The molecule has 0 aromatic heterocycles. The van der Waals surface area contributed by atoms with Crippen LogP contribution in [-0.4, -0.2) is 30.5 Å². The van der Waals surface area contributed by atoms with Gasteiger partial charge in [-0.25, -0.2) is 5.84 Å². The minimum atomic E-state index is 0.848. The Hall–Kier alpha value is -0.770. The standard InChI is InChI=1S/C11H24N4/c1-3-8-13-11(14-12)15(4-2)9-10-6-5-7-10/h10H,3-9,12H2,1-2H3,(H,13,14). The van der Waals surface area contributed by atoms with E-state index in [1.54, 1.807) is 0 Å². The van der Waals surface area contributed by atoms with E-state index in [4.69, 9.17) is 5.84 Å². The lowest BCUT2D eigenvalue weighted by atomic mass is 9.85. The lowest BCUT2D eigenvalue weighted by Crippen LogP contribution is -2.47. The van der Waals surface area contributed by atoms with Crippen molar-refractivity contribution < 1.29 is 0 Å². The van der Waals surface area contributed by atoms with Crippen molar-refractivity contribution in [3.63, 3.8) is 0 Å². The normalized spacial score (nSPS) is 17.4. The second-order valence-corrected chi connectivity index (χ2v) is 4.19. The molecule has 15 heavy (non-hydrogen) atoms. The second kappa shape index (κ2) is 6.67. The van der Waals surface area contributed by atoms with E-state index in [9.17, 15) is 0 Å². The first-order valence-corrected chi connectivity index (χ1v) is 6.07. The molecule has 88 valence electrons. The van der Waals surface area contributed by atoms with Gasteiger partial charge in [0, 0.05) is 19.6 Å². The Morgan fingerprint density at radius 3 is 2.60 bits per heavy atom. The van der Waals surface area contributed by atoms with E-state index in [0.717, 1.165) is 37.9 Å². The van der Waals surface area contributed by atoms with Crippen molar-refractivity contribution in [2.45, 2.75) is 39.5 Å². The zero-order valence-corrected chi connectivity index (χ0v) is 10.00. The van der Waals surface area contributed by atoms with Gasteiger partial charge in [-0.2, -0.15) is 0 Å². The second-order valence-electron chi connectivity index (χ2n) is 4.19. The van der Waals surface area contributed by atoms with E-state index in [1.807, 2.05) is 0 Å². The van der Waals surface area contributed by atoms with Crippen molar-refractivity contribution in [3.05, 3.63) is 0 Å². The van der Waals surface area contributed by atoms with Gasteiger partial charge in [-0.05, 0) is 32.1 Å². The number of hydrogen-bond donors (Lipinski definition) is 2. The first-order chi connectivity index (χ1) is 7.31. The summed E-state index contributed by atoms with van der Waals surface area (Å²) in [4.78, 5) is 6.70. The monoisotopic (exact) mass is 212 g/mol. The van der Waals surface area contributed by atoms with Crippen molar-refractivity contribution in [2.24, 2.45) is 16.8 Å². The Morgan fingerprint density at radius 1 is 1.47 bits per heavy atom. The highest BCUT2D eigenvalue weighted by molar-refractivity contribution is 5.79. The van der Waals surface area contributed by atoms with Gasteiger partial charge < -0.3 is 4.90 Å². The molecule has 4 heteroatoms. The fraction of sp³-hybridized carbons (Fsp3) is 0.909. The van der Waals surface area contributed by atoms with Crippen LogP contribution in [0.2, 0.25) is 0 Å². The van der Waals surface area contributed by atoms with Gasteiger partial charge in [0.05, 0.1) is 0 Å². The predicted octanol–water partition coefficient (Wildman–Crippen LogP) is 1.34. The van der Waals surface area contributed by atoms with Gasteiger partial charge in [0.15, 0.2) is 0 Å². The Morgan fingerprint density at radius 2 is 2.20 bits per heavy atom. The van der Waals surface area contributed by atoms with Crippen LogP contribution < -0.4 is 11.3 Å². The molecule has 0 aliphatic heterocycles. The molecule has 0 aromatic rings. The molecule has 1 aliphatic carbocycles. The Labute approximate surface area is 92.9 Å². The highest BCUT2D eigenvalue weighted by Gasteiger charge is 2.21. The van der Waals surface area contributed by atoms with Crippen LogP contribution in [0.1, 0.15) is 39.5 Å². The van der Waals surface area contributed by atoms with Gasteiger partial charge in [0.25, 0.3) is 0 Å². The van der Waals surface area contributed by atoms with E-state index < -0.39 is 0 Å². The minimum absolute atomic E-state index is 0.848. The summed E-state index contributed by atoms with van der Waals surface area (Å²) < 4.78 is 0. The average molecular weight is 212 g/mol. The molecule has 0 amide bonds. The molecule has 0 atom stereocenters. The molecule has 1 fully saturated rings. The van der Waals surface area contributed by atoms with Crippen molar-refractivity contribution in [3.8, 4) is 0 Å². The summed E-state index contributed by atoms with van der Waals surface area (Å²) in [5.74, 6) is 7.21. The molecular weight excluding hydrogens is 188 g/mol. The first-order valence-electron chi connectivity index (χ1n) is 6.07. The number of nitrogens with zero attached hydrogens (tertiary/aromatic N) is 2. The molecule has 4 nitrogen and oxygen atoms in total. The largest absolute Gasteiger partial charge is 0.342 e. The van der Waals surface area contributed by atoms with Gasteiger partial charge in [0.1, 0.15) is 0 Å². The molecule has 1 aliphatic rings. The third kappa shape index (κ3) is 3.70. The number of guanidine groups is 1. The van der Waals surface area contributed by atoms with Crippen LogP contribution >= 0.6 is 0 Å². The Balaban J connectivity index is 2.44. The molecule has 0 aromatic carbocycles. The number of rotatable bonds is 5. The zero-order valence-electron chi connectivity index (χ0n) is 10.00. The van der Waals surface area contributed by atoms with Gasteiger partial charge >= 0.3 is 0 Å². The van der Waals surface area contributed by atoms with E-state index >= 15 is 0 Å². The van der Waals surface area contributed by atoms with Gasteiger partial charge in [0.2, 0.25) is 5.96 Å². The topological polar surface area (TPSA) is 53.6 Å².